The van der Waals surface area contributed by atoms with Gasteiger partial charge in [0.25, 0.3) is 0 Å². The fourth-order valence-corrected chi connectivity index (χ4v) is 0.210. The van der Waals surface area contributed by atoms with Crippen LogP contribution in [0, 0.1) is 0 Å². The maximum atomic E-state index is 9.44. The van der Waals surface area contributed by atoms with Crippen LogP contribution in [0.5, 0.6) is 0 Å². The molecule has 36 valence electrons. The Hall–Kier alpha value is 0.0600. The molecule has 0 fully saturated rings. The van der Waals surface area contributed by atoms with E-state index in [0.29, 0.717) is 6.29 Å². The first kappa shape index (κ1) is 6.06. The zero-order chi connectivity index (χ0) is 4.99. The molecule has 0 amide bonds. The van der Waals surface area contributed by atoms with Crippen molar-refractivity contribution in [3.8, 4) is 0 Å². The van der Waals surface area contributed by atoms with Crippen molar-refractivity contribution in [3.05, 3.63) is 0 Å². The molecule has 0 aliphatic heterocycles. The Labute approximate surface area is 38.8 Å². The molecule has 2 atom stereocenters. The predicted octanol–water partition coefficient (Wildman–Crippen LogP) is -0.231. The van der Waals surface area contributed by atoms with E-state index >= 15 is 0 Å². The molecule has 0 rings (SSSR count). The van der Waals surface area contributed by atoms with E-state index < -0.39 is 5.85 Å². The number of carbonyl (C=O) groups excluding carboxylic acids is 1. The molecule has 0 saturated heterocycles. The number of aldehydes is 1. The van der Waals surface area contributed by atoms with Crippen molar-refractivity contribution in [1.82, 2.24) is 0 Å². The average Bonchev–Trinajstić information content (AvgIpc) is 1.35. The third kappa shape index (κ3) is 4.06. The van der Waals surface area contributed by atoms with Crippen LogP contribution in [0.1, 0.15) is 6.42 Å². The van der Waals surface area contributed by atoms with Gasteiger partial charge >= 0.3 is 0 Å². The lowest BCUT2D eigenvalue weighted by Crippen LogP contribution is -1.92. The second-order valence-corrected chi connectivity index (χ2v) is 1.74. The third-order valence-electron chi connectivity index (χ3n) is 0.338. The standard InChI is InChI=1S/C3H7O2P/c4-2-1-3(5)6/h2-3,5H,1,6H2/t3-/m0/s1. The third-order valence-corrected chi connectivity index (χ3v) is 0.610. The Morgan fingerprint density at radius 2 is 2.50 bits per heavy atom. The van der Waals surface area contributed by atoms with Gasteiger partial charge in [0.1, 0.15) is 6.29 Å². The zero-order valence-electron chi connectivity index (χ0n) is 3.29. The van der Waals surface area contributed by atoms with E-state index in [9.17, 15) is 4.79 Å². The molecule has 0 aliphatic rings. The topological polar surface area (TPSA) is 37.3 Å². The van der Waals surface area contributed by atoms with E-state index in [1.54, 1.807) is 0 Å². The van der Waals surface area contributed by atoms with E-state index in [2.05, 4.69) is 9.24 Å². The highest BCUT2D eigenvalue weighted by molar-refractivity contribution is 7.17. The molecule has 0 bridgehead atoms. The highest BCUT2D eigenvalue weighted by Crippen LogP contribution is 1.94. The van der Waals surface area contributed by atoms with E-state index in [1.165, 1.54) is 0 Å². The molecule has 1 unspecified atom stereocenters. The normalized spacial score (nSPS) is 13.7. The van der Waals surface area contributed by atoms with E-state index in [0.717, 1.165) is 0 Å². The second kappa shape index (κ2) is 3.26. The van der Waals surface area contributed by atoms with Crippen molar-refractivity contribution in [2.45, 2.75) is 12.3 Å². The fraction of sp³-hybridized carbons (Fsp3) is 0.667. The Kier molecular flexibility index (Phi) is 3.29. The van der Waals surface area contributed by atoms with Crippen molar-refractivity contribution in [3.63, 3.8) is 0 Å². The largest absolute Gasteiger partial charge is 0.389 e. The van der Waals surface area contributed by atoms with Crippen molar-refractivity contribution in [2.75, 3.05) is 0 Å². The molecule has 3 heteroatoms. The quantitative estimate of drug-likeness (QED) is 0.390. The molecule has 6 heavy (non-hydrogen) atoms. The summed E-state index contributed by atoms with van der Waals surface area (Å²) in [5.74, 6) is -0.553. The molecule has 0 radical (unpaired) electrons. The zero-order valence-corrected chi connectivity index (χ0v) is 4.45. The molecule has 0 heterocycles. The molecule has 0 aromatic heterocycles. The SMILES string of the molecule is O=CC[C@@H](O)P. The lowest BCUT2D eigenvalue weighted by atomic mass is 10.5. The van der Waals surface area contributed by atoms with Crippen LogP contribution in [-0.4, -0.2) is 17.2 Å². The van der Waals surface area contributed by atoms with Crippen molar-refractivity contribution in [1.29, 1.82) is 0 Å². The van der Waals surface area contributed by atoms with Crippen molar-refractivity contribution >= 4 is 15.5 Å². The molecule has 0 aromatic carbocycles. The van der Waals surface area contributed by atoms with E-state index in [1.807, 2.05) is 0 Å². The highest BCUT2D eigenvalue weighted by atomic mass is 31.0. The summed E-state index contributed by atoms with van der Waals surface area (Å²) in [6.07, 6.45) is 0.891. The summed E-state index contributed by atoms with van der Waals surface area (Å²) < 4.78 is 0. The first-order chi connectivity index (χ1) is 2.77. The van der Waals surface area contributed by atoms with Gasteiger partial charge in [0, 0.05) is 6.42 Å². The maximum absolute atomic E-state index is 9.44. The van der Waals surface area contributed by atoms with Crippen LogP contribution < -0.4 is 0 Å². The Balaban J connectivity index is 2.81. The van der Waals surface area contributed by atoms with Gasteiger partial charge in [-0.1, -0.05) is 0 Å². The van der Waals surface area contributed by atoms with E-state index in [4.69, 9.17) is 5.11 Å². The van der Waals surface area contributed by atoms with Gasteiger partial charge < -0.3 is 9.90 Å². The van der Waals surface area contributed by atoms with Crippen molar-refractivity contribution < 1.29 is 9.90 Å². The minimum absolute atomic E-state index is 0.213. The lowest BCUT2D eigenvalue weighted by molar-refractivity contribution is -0.108. The molecule has 0 spiro atoms. The monoisotopic (exact) mass is 106 g/mol. The van der Waals surface area contributed by atoms with Gasteiger partial charge in [-0.25, -0.2) is 0 Å². The summed E-state index contributed by atoms with van der Waals surface area (Å²) >= 11 is 0. The number of carbonyl (C=O) groups is 1. The van der Waals surface area contributed by atoms with Gasteiger partial charge in [-0.05, 0) is 0 Å². The van der Waals surface area contributed by atoms with Crippen LogP contribution in [0.4, 0.5) is 0 Å². The Morgan fingerprint density at radius 1 is 2.00 bits per heavy atom. The minimum Gasteiger partial charge on any atom is -0.389 e. The lowest BCUT2D eigenvalue weighted by Gasteiger charge is -1.89. The minimum atomic E-state index is -0.553. The second-order valence-electron chi connectivity index (χ2n) is 0.970. The van der Waals surface area contributed by atoms with Crippen LogP contribution in [0.25, 0.3) is 0 Å². The van der Waals surface area contributed by atoms with Crippen LogP contribution in [-0.2, 0) is 4.79 Å². The summed E-state index contributed by atoms with van der Waals surface area (Å²) in [4.78, 5) is 9.44. The first-order valence-corrected chi connectivity index (χ1v) is 2.31. The highest BCUT2D eigenvalue weighted by Gasteiger charge is 1.87. The fourth-order valence-electron chi connectivity index (χ4n) is 0.0986. The number of hydrogen-bond donors (Lipinski definition) is 1. The number of rotatable bonds is 2. The van der Waals surface area contributed by atoms with Crippen molar-refractivity contribution in [2.24, 2.45) is 0 Å². The molecule has 2 nitrogen and oxygen atoms in total. The Morgan fingerprint density at radius 3 is 2.50 bits per heavy atom. The summed E-state index contributed by atoms with van der Waals surface area (Å²) in [7, 11) is 2.10. The Bertz CT molecular complexity index is 44.1. The summed E-state index contributed by atoms with van der Waals surface area (Å²) in [5, 5.41) is 8.28. The van der Waals surface area contributed by atoms with Gasteiger partial charge in [0.2, 0.25) is 0 Å². The average molecular weight is 106 g/mol. The van der Waals surface area contributed by atoms with Gasteiger partial charge in [-0.15, -0.1) is 9.24 Å². The molecular weight excluding hydrogens is 99.0 g/mol. The van der Waals surface area contributed by atoms with Gasteiger partial charge in [-0.2, -0.15) is 0 Å². The van der Waals surface area contributed by atoms with Gasteiger partial charge in [0.05, 0.1) is 5.85 Å². The molecule has 0 aliphatic carbocycles. The predicted molar refractivity (Wildman–Crippen MR) is 26.4 cm³/mol. The molecule has 1 N–H and O–H groups in total. The van der Waals surface area contributed by atoms with Crippen LogP contribution in [0.2, 0.25) is 0 Å². The van der Waals surface area contributed by atoms with Crippen LogP contribution in [0.15, 0.2) is 0 Å². The number of aliphatic hydroxyl groups is 1. The van der Waals surface area contributed by atoms with Crippen LogP contribution in [0.3, 0.4) is 0 Å². The van der Waals surface area contributed by atoms with Crippen LogP contribution >= 0.6 is 9.24 Å². The summed E-state index contributed by atoms with van der Waals surface area (Å²) in [6.45, 7) is 0. The summed E-state index contributed by atoms with van der Waals surface area (Å²) in [6, 6.07) is 0. The van der Waals surface area contributed by atoms with Gasteiger partial charge in [-0.3, -0.25) is 0 Å². The smallest absolute Gasteiger partial charge is 0.122 e. The summed E-state index contributed by atoms with van der Waals surface area (Å²) in [5.41, 5.74) is 0. The molecule has 0 aromatic rings. The molecular formula is C3H7O2P. The maximum Gasteiger partial charge on any atom is 0.122 e. The first-order valence-electron chi connectivity index (χ1n) is 1.64. The van der Waals surface area contributed by atoms with E-state index in [-0.39, 0.29) is 6.42 Å². The van der Waals surface area contributed by atoms with Gasteiger partial charge in [0.15, 0.2) is 0 Å². The number of hydrogen-bond acceptors (Lipinski definition) is 2. The molecule has 0 saturated carbocycles. The number of aliphatic hydroxyl groups excluding tert-OH is 1.